The third-order valence-electron chi connectivity index (χ3n) is 4.59. The molecule has 0 radical (unpaired) electrons. The second-order valence-electron chi connectivity index (χ2n) is 6.17. The SMILES string of the molecule is O=c1[nH]cnc2cc(N3CCOC(c4ccccc4Cl)C3)c([N+](=O)[O-])cc12. The summed E-state index contributed by atoms with van der Waals surface area (Å²) in [5, 5.41) is 12.4. The van der Waals surface area contributed by atoms with E-state index in [4.69, 9.17) is 16.3 Å². The summed E-state index contributed by atoms with van der Waals surface area (Å²) in [5.74, 6) is 0. The van der Waals surface area contributed by atoms with Gasteiger partial charge in [-0.05, 0) is 12.1 Å². The second kappa shape index (κ2) is 6.98. The number of aromatic amines is 1. The Labute approximate surface area is 158 Å². The van der Waals surface area contributed by atoms with Crippen LogP contribution in [0.25, 0.3) is 10.9 Å². The Morgan fingerprint density at radius 2 is 2.15 bits per heavy atom. The van der Waals surface area contributed by atoms with Gasteiger partial charge in [-0.25, -0.2) is 4.98 Å². The van der Waals surface area contributed by atoms with E-state index in [0.717, 1.165) is 5.56 Å². The molecule has 27 heavy (non-hydrogen) atoms. The average molecular weight is 387 g/mol. The number of ether oxygens (including phenoxy) is 1. The van der Waals surface area contributed by atoms with Crippen molar-refractivity contribution in [3.05, 3.63) is 73.8 Å². The fourth-order valence-electron chi connectivity index (χ4n) is 3.28. The lowest BCUT2D eigenvalue weighted by Gasteiger charge is -2.34. The molecule has 1 atom stereocenters. The van der Waals surface area contributed by atoms with E-state index in [2.05, 4.69) is 9.97 Å². The number of morpholine rings is 1. The number of fused-ring (bicyclic) bond motifs is 1. The van der Waals surface area contributed by atoms with E-state index in [1.807, 2.05) is 23.1 Å². The molecule has 0 amide bonds. The number of nitro groups is 1. The molecule has 2 aromatic carbocycles. The van der Waals surface area contributed by atoms with Crippen molar-refractivity contribution in [2.24, 2.45) is 0 Å². The molecule has 8 nitrogen and oxygen atoms in total. The zero-order chi connectivity index (χ0) is 19.0. The molecule has 3 aromatic rings. The highest BCUT2D eigenvalue weighted by atomic mass is 35.5. The van der Waals surface area contributed by atoms with Crippen LogP contribution in [0.3, 0.4) is 0 Å². The smallest absolute Gasteiger partial charge is 0.293 e. The van der Waals surface area contributed by atoms with Crippen LogP contribution in [0.15, 0.2) is 47.5 Å². The van der Waals surface area contributed by atoms with Crippen LogP contribution < -0.4 is 10.5 Å². The number of nitrogens with one attached hydrogen (secondary N) is 1. The summed E-state index contributed by atoms with van der Waals surface area (Å²) in [4.78, 5) is 31.5. The van der Waals surface area contributed by atoms with Gasteiger partial charge >= 0.3 is 0 Å². The number of hydrogen-bond donors (Lipinski definition) is 1. The molecule has 2 heterocycles. The average Bonchev–Trinajstić information content (AvgIpc) is 2.68. The maximum Gasteiger partial charge on any atom is 0.293 e. The summed E-state index contributed by atoms with van der Waals surface area (Å²) in [6.07, 6.45) is 0.974. The highest BCUT2D eigenvalue weighted by molar-refractivity contribution is 6.31. The topological polar surface area (TPSA) is 101 Å². The number of H-pyrrole nitrogens is 1. The summed E-state index contributed by atoms with van der Waals surface area (Å²) in [6, 6.07) is 10.2. The minimum absolute atomic E-state index is 0.138. The van der Waals surface area contributed by atoms with E-state index in [1.54, 1.807) is 12.1 Å². The number of hydrogen-bond acceptors (Lipinski definition) is 6. The molecule has 0 bridgehead atoms. The predicted octanol–water partition coefficient (Wildman–Crippen LogP) is 3.06. The van der Waals surface area contributed by atoms with E-state index in [9.17, 15) is 14.9 Å². The van der Waals surface area contributed by atoms with Crippen LogP contribution in [0.5, 0.6) is 0 Å². The zero-order valence-corrected chi connectivity index (χ0v) is 14.8. The highest BCUT2D eigenvalue weighted by Gasteiger charge is 2.28. The Balaban J connectivity index is 1.77. The van der Waals surface area contributed by atoms with Gasteiger partial charge in [0.15, 0.2) is 0 Å². The lowest BCUT2D eigenvalue weighted by molar-refractivity contribution is -0.384. The fraction of sp³-hybridized carbons (Fsp3) is 0.222. The standard InChI is InChI=1S/C18H15ClN4O4/c19-13-4-2-1-3-11(13)17-9-22(5-6-27-17)15-8-14-12(7-16(15)23(25)26)18(24)21-10-20-14/h1-4,7-8,10,17H,5-6,9H2,(H,20,21,24). The Morgan fingerprint density at radius 3 is 2.93 bits per heavy atom. The van der Waals surface area contributed by atoms with Crippen LogP contribution >= 0.6 is 11.6 Å². The zero-order valence-electron chi connectivity index (χ0n) is 14.1. The maximum absolute atomic E-state index is 11.9. The molecular weight excluding hydrogens is 372 g/mol. The van der Waals surface area contributed by atoms with Gasteiger partial charge in [0.1, 0.15) is 11.8 Å². The van der Waals surface area contributed by atoms with Crippen molar-refractivity contribution < 1.29 is 9.66 Å². The maximum atomic E-state index is 11.9. The van der Waals surface area contributed by atoms with Crippen molar-refractivity contribution in [1.82, 2.24) is 9.97 Å². The first kappa shape index (κ1) is 17.4. The number of halogens is 1. The van der Waals surface area contributed by atoms with E-state index in [0.29, 0.717) is 35.9 Å². The van der Waals surface area contributed by atoms with Gasteiger partial charge in [0.05, 0.1) is 28.8 Å². The van der Waals surface area contributed by atoms with Crippen molar-refractivity contribution in [2.45, 2.75) is 6.10 Å². The van der Waals surface area contributed by atoms with Gasteiger partial charge in [0.2, 0.25) is 0 Å². The first-order valence-electron chi connectivity index (χ1n) is 8.31. The van der Waals surface area contributed by atoms with Gasteiger partial charge in [-0.1, -0.05) is 29.8 Å². The number of anilines is 1. The minimum atomic E-state index is -0.485. The molecule has 1 aliphatic rings. The molecule has 1 unspecified atom stereocenters. The third kappa shape index (κ3) is 3.24. The van der Waals surface area contributed by atoms with Crippen molar-refractivity contribution in [3.8, 4) is 0 Å². The van der Waals surface area contributed by atoms with Crippen LogP contribution in [0.2, 0.25) is 5.02 Å². The van der Waals surface area contributed by atoms with E-state index in [1.165, 1.54) is 12.4 Å². The quantitative estimate of drug-likeness (QED) is 0.548. The molecular formula is C18H15ClN4O4. The van der Waals surface area contributed by atoms with Crippen LogP contribution in [0, 0.1) is 10.1 Å². The van der Waals surface area contributed by atoms with Gasteiger partial charge < -0.3 is 14.6 Å². The molecule has 0 aliphatic carbocycles. The Morgan fingerprint density at radius 1 is 1.33 bits per heavy atom. The van der Waals surface area contributed by atoms with E-state index < -0.39 is 10.5 Å². The number of nitro benzene ring substituents is 1. The molecule has 138 valence electrons. The molecule has 4 rings (SSSR count). The van der Waals surface area contributed by atoms with Gasteiger partial charge in [-0.15, -0.1) is 0 Å². The summed E-state index contributed by atoms with van der Waals surface area (Å²) >= 11 is 6.27. The normalized spacial score (nSPS) is 17.2. The molecule has 0 spiro atoms. The first-order valence-corrected chi connectivity index (χ1v) is 8.69. The van der Waals surface area contributed by atoms with Crippen molar-refractivity contribution in [3.63, 3.8) is 0 Å². The summed E-state index contributed by atoms with van der Waals surface area (Å²) < 4.78 is 5.84. The molecule has 0 saturated carbocycles. The second-order valence-corrected chi connectivity index (χ2v) is 6.58. The van der Waals surface area contributed by atoms with Crippen LogP contribution in [-0.2, 0) is 4.74 Å². The number of aromatic nitrogens is 2. The van der Waals surface area contributed by atoms with Crippen molar-refractivity contribution in [2.75, 3.05) is 24.6 Å². The fourth-order valence-corrected chi connectivity index (χ4v) is 3.54. The summed E-state index contributed by atoms with van der Waals surface area (Å²) in [6.45, 7) is 1.28. The molecule has 1 aromatic heterocycles. The predicted molar refractivity (Wildman–Crippen MR) is 101 cm³/mol. The summed E-state index contributed by atoms with van der Waals surface area (Å²) in [7, 11) is 0. The van der Waals surface area contributed by atoms with Gasteiger partial charge in [0, 0.05) is 29.7 Å². The van der Waals surface area contributed by atoms with Crippen LogP contribution in [0.1, 0.15) is 11.7 Å². The number of nitrogens with zero attached hydrogens (tertiary/aromatic N) is 3. The van der Waals surface area contributed by atoms with Crippen LogP contribution in [-0.4, -0.2) is 34.6 Å². The molecule has 9 heteroatoms. The molecule has 1 N–H and O–H groups in total. The Kier molecular flexibility index (Phi) is 4.51. The van der Waals surface area contributed by atoms with E-state index in [-0.39, 0.29) is 17.2 Å². The van der Waals surface area contributed by atoms with E-state index >= 15 is 0 Å². The largest absolute Gasteiger partial charge is 0.370 e. The van der Waals surface area contributed by atoms with Gasteiger partial charge in [-0.2, -0.15) is 0 Å². The molecule has 1 fully saturated rings. The lowest BCUT2D eigenvalue weighted by atomic mass is 10.1. The van der Waals surface area contributed by atoms with Gasteiger partial charge in [-0.3, -0.25) is 14.9 Å². The van der Waals surface area contributed by atoms with Crippen LogP contribution in [0.4, 0.5) is 11.4 Å². The number of rotatable bonds is 3. The first-order chi connectivity index (χ1) is 13.0. The highest BCUT2D eigenvalue weighted by Crippen LogP contribution is 2.35. The van der Waals surface area contributed by atoms with Gasteiger partial charge in [0.25, 0.3) is 11.2 Å². The monoisotopic (exact) mass is 386 g/mol. The summed E-state index contributed by atoms with van der Waals surface area (Å²) in [5.41, 5.74) is 1.10. The van der Waals surface area contributed by atoms with Crippen molar-refractivity contribution in [1.29, 1.82) is 0 Å². The third-order valence-corrected chi connectivity index (χ3v) is 4.94. The van der Waals surface area contributed by atoms with Crippen molar-refractivity contribution >= 4 is 33.9 Å². The molecule has 1 aliphatic heterocycles. The Hall–Kier alpha value is -2.97. The minimum Gasteiger partial charge on any atom is -0.370 e. The molecule has 1 saturated heterocycles. The number of benzene rings is 2. The lowest BCUT2D eigenvalue weighted by Crippen LogP contribution is -2.38. The Bertz CT molecular complexity index is 1080.